The van der Waals surface area contributed by atoms with Gasteiger partial charge >= 0.3 is 0 Å². The number of piperazine rings is 1. The molecule has 4 N–H and O–H groups in total. The van der Waals surface area contributed by atoms with Gasteiger partial charge in [0.15, 0.2) is 0 Å². The van der Waals surface area contributed by atoms with Crippen molar-refractivity contribution in [3.05, 3.63) is 0 Å². The lowest BCUT2D eigenvalue weighted by molar-refractivity contribution is 0.534. The zero-order valence-corrected chi connectivity index (χ0v) is 8.33. The molecule has 0 bridgehead atoms. The van der Waals surface area contributed by atoms with E-state index in [9.17, 15) is 0 Å². The van der Waals surface area contributed by atoms with Crippen molar-refractivity contribution in [1.82, 2.24) is 10.6 Å². The summed E-state index contributed by atoms with van der Waals surface area (Å²) in [6, 6.07) is 0. The van der Waals surface area contributed by atoms with Crippen LogP contribution in [0, 0.1) is 0 Å². The third-order valence-corrected chi connectivity index (χ3v) is 0.957. The molecule has 1 fully saturated rings. The first-order chi connectivity index (χ1) is 5.00. The second-order valence-corrected chi connectivity index (χ2v) is 1.50. The fourth-order valence-electron chi connectivity index (χ4n) is 0.604. The summed E-state index contributed by atoms with van der Waals surface area (Å²) in [7, 11) is 0. The van der Waals surface area contributed by atoms with Crippen LogP contribution in [0.5, 0.6) is 0 Å². The minimum Gasteiger partial charge on any atom is -0.412 e. The zero-order valence-electron chi connectivity index (χ0n) is 8.33. The van der Waals surface area contributed by atoms with E-state index in [2.05, 4.69) is 10.6 Å². The maximum atomic E-state index is 3.22. The second kappa shape index (κ2) is 22.5. The van der Waals surface area contributed by atoms with E-state index < -0.39 is 0 Å². The molecule has 0 atom stereocenters. The molecular weight excluding hydrogens is 140 g/mol. The van der Waals surface area contributed by atoms with E-state index in [0.717, 1.165) is 26.2 Å². The van der Waals surface area contributed by atoms with Gasteiger partial charge in [0.1, 0.15) is 0 Å². The number of hydrogen-bond donors (Lipinski definition) is 2. The summed E-state index contributed by atoms with van der Waals surface area (Å²) in [6.45, 7) is 12.6. The summed E-state index contributed by atoms with van der Waals surface area (Å²) >= 11 is 0. The van der Waals surface area contributed by atoms with Crippen LogP contribution in [0.15, 0.2) is 0 Å². The predicted octanol–water partition coefficient (Wildman–Crippen LogP) is 0.407. The molecule has 3 nitrogen and oxygen atoms in total. The normalized spacial score (nSPS) is 14.2. The maximum Gasteiger partial charge on any atom is 0.00772 e. The lowest BCUT2D eigenvalue weighted by atomic mass is 10.4. The van der Waals surface area contributed by atoms with Crippen molar-refractivity contribution in [3.8, 4) is 0 Å². The number of nitrogens with one attached hydrogen (secondary N) is 2. The molecule has 0 amide bonds. The van der Waals surface area contributed by atoms with E-state index in [1.165, 1.54) is 0 Å². The fourth-order valence-corrected chi connectivity index (χ4v) is 0.604. The maximum absolute atomic E-state index is 3.22. The summed E-state index contributed by atoms with van der Waals surface area (Å²) in [5, 5.41) is 6.44. The molecule has 0 aromatic carbocycles. The van der Waals surface area contributed by atoms with Crippen LogP contribution < -0.4 is 10.6 Å². The molecule has 11 heavy (non-hydrogen) atoms. The van der Waals surface area contributed by atoms with Gasteiger partial charge in [0.05, 0.1) is 0 Å². The molecular formula is C8H24N2O. The average molecular weight is 164 g/mol. The lowest BCUT2D eigenvalue weighted by Crippen LogP contribution is -2.39. The molecule has 1 heterocycles. The van der Waals surface area contributed by atoms with Crippen molar-refractivity contribution in [1.29, 1.82) is 0 Å². The molecule has 0 aromatic rings. The van der Waals surface area contributed by atoms with Crippen molar-refractivity contribution in [2.75, 3.05) is 26.2 Å². The highest BCUT2D eigenvalue weighted by atomic mass is 16.0. The zero-order chi connectivity index (χ0) is 8.24. The van der Waals surface area contributed by atoms with Crippen LogP contribution in [-0.4, -0.2) is 31.7 Å². The van der Waals surface area contributed by atoms with Crippen LogP contribution in [0.25, 0.3) is 0 Å². The molecule has 1 aliphatic heterocycles. The Morgan fingerprint density at radius 3 is 0.909 bits per heavy atom. The first-order valence-electron chi connectivity index (χ1n) is 4.41. The van der Waals surface area contributed by atoms with Gasteiger partial charge in [0.25, 0.3) is 0 Å². The van der Waals surface area contributed by atoms with Gasteiger partial charge in [-0.1, -0.05) is 27.7 Å². The van der Waals surface area contributed by atoms with E-state index in [-0.39, 0.29) is 5.48 Å². The molecule has 1 aliphatic rings. The molecule has 72 valence electrons. The van der Waals surface area contributed by atoms with Crippen molar-refractivity contribution in [2.45, 2.75) is 27.7 Å². The standard InChI is InChI=1S/C4H10N2.2C2H6.H2O/c1-2-6-4-3-5-1;2*1-2;/h5-6H,1-4H2;2*1-2H3;1H2. The Kier molecular flexibility index (Phi) is 35.0. The van der Waals surface area contributed by atoms with Crippen LogP contribution in [0.2, 0.25) is 0 Å². The highest BCUT2D eigenvalue weighted by Gasteiger charge is 1.91. The minimum atomic E-state index is 0. The van der Waals surface area contributed by atoms with Crippen LogP contribution >= 0.6 is 0 Å². The molecule has 0 saturated carbocycles. The smallest absolute Gasteiger partial charge is 0.00772 e. The largest absolute Gasteiger partial charge is 0.412 e. The fraction of sp³-hybridized carbons (Fsp3) is 1.00. The Bertz CT molecular complexity index is 27.6. The van der Waals surface area contributed by atoms with Crippen LogP contribution in [0.1, 0.15) is 27.7 Å². The third-order valence-electron chi connectivity index (χ3n) is 0.957. The third kappa shape index (κ3) is 17.7. The number of hydrogen-bond acceptors (Lipinski definition) is 2. The minimum absolute atomic E-state index is 0. The van der Waals surface area contributed by atoms with E-state index in [0.29, 0.717) is 0 Å². The van der Waals surface area contributed by atoms with Gasteiger partial charge in [-0.25, -0.2) is 0 Å². The highest BCUT2D eigenvalue weighted by Crippen LogP contribution is 1.65. The van der Waals surface area contributed by atoms with Gasteiger partial charge in [0.2, 0.25) is 0 Å². The topological polar surface area (TPSA) is 55.6 Å². The first kappa shape index (κ1) is 17.1. The van der Waals surface area contributed by atoms with Crippen molar-refractivity contribution < 1.29 is 5.48 Å². The van der Waals surface area contributed by atoms with E-state index in [1.807, 2.05) is 27.7 Å². The SMILES string of the molecule is C1CNCCN1.CC.CC.O. The summed E-state index contributed by atoms with van der Waals surface area (Å²) in [5.41, 5.74) is 0. The summed E-state index contributed by atoms with van der Waals surface area (Å²) < 4.78 is 0. The second-order valence-electron chi connectivity index (χ2n) is 1.50. The number of rotatable bonds is 0. The quantitative estimate of drug-likeness (QED) is 0.545. The summed E-state index contributed by atoms with van der Waals surface area (Å²) in [6.07, 6.45) is 0. The van der Waals surface area contributed by atoms with E-state index in [4.69, 9.17) is 0 Å². The van der Waals surface area contributed by atoms with Gasteiger partial charge in [-0.3, -0.25) is 0 Å². The summed E-state index contributed by atoms with van der Waals surface area (Å²) in [4.78, 5) is 0. The lowest BCUT2D eigenvalue weighted by Gasteiger charge is -2.11. The molecule has 0 radical (unpaired) electrons. The van der Waals surface area contributed by atoms with Crippen molar-refractivity contribution in [2.24, 2.45) is 0 Å². The Labute approximate surface area is 70.9 Å². The van der Waals surface area contributed by atoms with Crippen molar-refractivity contribution >= 4 is 0 Å². The monoisotopic (exact) mass is 164 g/mol. The predicted molar refractivity (Wildman–Crippen MR) is 52.0 cm³/mol. The molecule has 1 saturated heterocycles. The van der Waals surface area contributed by atoms with E-state index >= 15 is 0 Å². The molecule has 1 rings (SSSR count). The van der Waals surface area contributed by atoms with Gasteiger partial charge in [-0.2, -0.15) is 0 Å². The van der Waals surface area contributed by atoms with Gasteiger partial charge < -0.3 is 16.1 Å². The Balaban J connectivity index is -0.000000114. The van der Waals surface area contributed by atoms with Crippen LogP contribution in [0.3, 0.4) is 0 Å². The Hall–Kier alpha value is -0.120. The van der Waals surface area contributed by atoms with E-state index in [1.54, 1.807) is 0 Å². The molecule has 0 spiro atoms. The van der Waals surface area contributed by atoms with Crippen LogP contribution in [0.4, 0.5) is 0 Å². The molecule has 0 unspecified atom stereocenters. The molecule has 3 heteroatoms. The Morgan fingerprint density at radius 2 is 0.818 bits per heavy atom. The highest BCUT2D eigenvalue weighted by molar-refractivity contribution is 4.59. The van der Waals surface area contributed by atoms with Gasteiger partial charge in [-0.15, -0.1) is 0 Å². The Morgan fingerprint density at radius 1 is 0.636 bits per heavy atom. The molecule has 0 aliphatic carbocycles. The first-order valence-corrected chi connectivity index (χ1v) is 4.41. The van der Waals surface area contributed by atoms with Crippen molar-refractivity contribution in [3.63, 3.8) is 0 Å². The van der Waals surface area contributed by atoms with Gasteiger partial charge in [0, 0.05) is 26.2 Å². The average Bonchev–Trinajstić information content (AvgIpc) is 2.14. The van der Waals surface area contributed by atoms with Gasteiger partial charge in [-0.05, 0) is 0 Å². The van der Waals surface area contributed by atoms with Crippen LogP contribution in [-0.2, 0) is 0 Å². The summed E-state index contributed by atoms with van der Waals surface area (Å²) in [5.74, 6) is 0. The molecule has 0 aromatic heterocycles.